The molecule has 0 radical (unpaired) electrons. The summed E-state index contributed by atoms with van der Waals surface area (Å²) in [5.74, 6) is 0. The smallest absolute Gasteiger partial charge is 0.304 e. The van der Waals surface area contributed by atoms with Gasteiger partial charge in [-0.25, -0.2) is 19.6 Å². The van der Waals surface area contributed by atoms with Crippen LogP contribution in [0.3, 0.4) is 0 Å². The Morgan fingerprint density at radius 1 is 0.808 bits per heavy atom. The second-order valence-corrected chi connectivity index (χ2v) is 4.72. The maximum atomic E-state index is 11.0. The van der Waals surface area contributed by atoms with E-state index in [1.54, 1.807) is 38.6 Å². The summed E-state index contributed by atoms with van der Waals surface area (Å²) in [6, 6.07) is 7.26. The predicted molar refractivity (Wildman–Crippen MR) is 105 cm³/mol. The highest BCUT2D eigenvalue weighted by Crippen LogP contribution is 2.03. The van der Waals surface area contributed by atoms with Gasteiger partial charge in [0.15, 0.2) is 11.3 Å². The first-order valence-electron chi connectivity index (χ1n) is 8.57. The Labute approximate surface area is 151 Å². The van der Waals surface area contributed by atoms with Gasteiger partial charge in [0.25, 0.3) is 0 Å². The fourth-order valence-electron chi connectivity index (χ4n) is 2.12. The van der Waals surface area contributed by atoms with Gasteiger partial charge in [-0.05, 0) is 24.3 Å². The lowest BCUT2D eigenvalue weighted by molar-refractivity contribution is 0.879. The van der Waals surface area contributed by atoms with E-state index in [1.165, 1.54) is 9.13 Å². The Morgan fingerprint density at radius 2 is 1.38 bits per heavy atom. The average Bonchev–Trinajstić information content (AvgIpc) is 3.15. The molecule has 0 aliphatic carbocycles. The maximum Gasteiger partial charge on any atom is 0.327 e. The quantitative estimate of drug-likeness (QED) is 0.504. The van der Waals surface area contributed by atoms with Gasteiger partial charge in [-0.15, -0.1) is 0 Å². The molecular weight excluding hydrogens is 332 g/mol. The van der Waals surface area contributed by atoms with Crippen molar-refractivity contribution in [2.75, 3.05) is 0 Å². The topological polar surface area (TPSA) is 101 Å². The van der Waals surface area contributed by atoms with Gasteiger partial charge in [0.1, 0.15) is 0 Å². The molecule has 0 atom stereocenters. The van der Waals surface area contributed by atoms with Crippen molar-refractivity contribution in [3.63, 3.8) is 0 Å². The molecule has 140 valence electrons. The third kappa shape index (κ3) is 4.47. The van der Waals surface area contributed by atoms with Crippen molar-refractivity contribution in [1.82, 2.24) is 29.1 Å². The van der Waals surface area contributed by atoms with Crippen LogP contribution in [0.2, 0.25) is 0 Å². The Bertz CT molecular complexity index is 969. The van der Waals surface area contributed by atoms with Crippen LogP contribution < -0.4 is 11.4 Å². The third-order valence-corrected chi connectivity index (χ3v) is 3.33. The summed E-state index contributed by atoms with van der Waals surface area (Å²) in [7, 11) is 3.40. The highest BCUT2D eigenvalue weighted by Gasteiger charge is 2.01. The van der Waals surface area contributed by atoms with Gasteiger partial charge in [0.05, 0.1) is 11.0 Å². The standard InChI is InChI=1S/2C7H7N3O.2C2H6/c1-10-5-3-2-4-8-6(5)9-7(10)11;1-10-6-5(9-7(10)11)3-2-4-8-6;2*1-2/h2-4H,1H3,(H,8,9,11);2-4H,1H3,(H,9,11);2*1-2H3. The number of aromatic nitrogens is 6. The van der Waals surface area contributed by atoms with Crippen molar-refractivity contribution >= 4 is 22.3 Å². The molecule has 0 unspecified atom stereocenters. The van der Waals surface area contributed by atoms with Crippen LogP contribution in [0.15, 0.2) is 46.2 Å². The minimum atomic E-state index is -0.126. The molecule has 4 heterocycles. The van der Waals surface area contributed by atoms with Crippen molar-refractivity contribution in [3.8, 4) is 0 Å². The first-order chi connectivity index (χ1) is 12.6. The maximum absolute atomic E-state index is 11.0. The van der Waals surface area contributed by atoms with Crippen molar-refractivity contribution in [2.24, 2.45) is 14.1 Å². The lowest BCUT2D eigenvalue weighted by atomic mass is 10.4. The Hall–Kier alpha value is -3.16. The molecule has 0 bridgehead atoms. The molecule has 2 N–H and O–H groups in total. The van der Waals surface area contributed by atoms with Crippen molar-refractivity contribution in [2.45, 2.75) is 27.7 Å². The first kappa shape index (κ1) is 20.9. The second kappa shape index (κ2) is 9.97. The van der Waals surface area contributed by atoms with E-state index >= 15 is 0 Å². The fraction of sp³-hybridized carbons (Fsp3) is 0.333. The number of aromatic amines is 2. The zero-order chi connectivity index (χ0) is 19.7. The van der Waals surface area contributed by atoms with Crippen LogP contribution in [0.25, 0.3) is 22.3 Å². The number of hydrogen-bond donors (Lipinski definition) is 2. The van der Waals surface area contributed by atoms with E-state index in [0.717, 1.165) is 11.0 Å². The molecule has 8 heteroatoms. The summed E-state index contributed by atoms with van der Waals surface area (Å²) in [6.45, 7) is 8.00. The molecule has 0 spiro atoms. The van der Waals surface area contributed by atoms with Gasteiger partial charge >= 0.3 is 11.4 Å². The van der Waals surface area contributed by atoms with E-state index in [-0.39, 0.29) is 11.4 Å². The average molecular weight is 358 g/mol. The molecule has 8 nitrogen and oxygen atoms in total. The summed E-state index contributed by atoms with van der Waals surface area (Å²) in [6.07, 6.45) is 3.31. The lowest BCUT2D eigenvalue weighted by Crippen LogP contribution is -2.12. The molecule has 0 saturated carbocycles. The van der Waals surface area contributed by atoms with Crippen molar-refractivity contribution < 1.29 is 0 Å². The number of imidazole rings is 2. The molecule has 0 saturated heterocycles. The van der Waals surface area contributed by atoms with Crippen LogP contribution in [0, 0.1) is 0 Å². The van der Waals surface area contributed by atoms with Gasteiger partial charge in [0, 0.05) is 26.5 Å². The third-order valence-electron chi connectivity index (χ3n) is 3.33. The minimum absolute atomic E-state index is 0.126. The Kier molecular flexibility index (Phi) is 8.01. The molecule has 0 aliphatic rings. The molecule has 26 heavy (non-hydrogen) atoms. The number of H-pyrrole nitrogens is 2. The second-order valence-electron chi connectivity index (χ2n) is 4.72. The van der Waals surface area contributed by atoms with E-state index in [9.17, 15) is 9.59 Å². The lowest BCUT2D eigenvalue weighted by Gasteiger charge is -1.88. The highest BCUT2D eigenvalue weighted by atomic mass is 16.1. The molecule has 0 aliphatic heterocycles. The van der Waals surface area contributed by atoms with E-state index in [0.29, 0.717) is 11.3 Å². The monoisotopic (exact) mass is 358 g/mol. The fourth-order valence-corrected chi connectivity index (χ4v) is 2.12. The molecule has 0 amide bonds. The molecule has 0 aromatic carbocycles. The predicted octanol–water partition coefficient (Wildman–Crippen LogP) is 2.58. The molecule has 4 aromatic heterocycles. The van der Waals surface area contributed by atoms with Crippen LogP contribution in [-0.2, 0) is 14.1 Å². The summed E-state index contributed by atoms with van der Waals surface area (Å²) in [5, 5.41) is 0. The molecular formula is C18H26N6O2. The van der Waals surface area contributed by atoms with Crippen LogP contribution in [0.4, 0.5) is 0 Å². The van der Waals surface area contributed by atoms with Gasteiger partial charge in [-0.1, -0.05) is 27.7 Å². The normalized spacial score (nSPS) is 9.46. The number of hydrogen-bond acceptors (Lipinski definition) is 4. The molecule has 4 rings (SSSR count). The van der Waals surface area contributed by atoms with Crippen LogP contribution in [0.1, 0.15) is 27.7 Å². The Balaban J connectivity index is 0.000000219. The van der Waals surface area contributed by atoms with Crippen molar-refractivity contribution in [3.05, 3.63) is 57.6 Å². The Morgan fingerprint density at radius 3 is 2.00 bits per heavy atom. The SMILES string of the molecule is CC.CC.Cn1c(=O)[nH]c2cccnc21.Cn1c(=O)[nH]c2ncccc21. The zero-order valence-electron chi connectivity index (χ0n) is 16.1. The number of fused-ring (bicyclic) bond motifs is 2. The first-order valence-corrected chi connectivity index (χ1v) is 8.57. The highest BCUT2D eigenvalue weighted by molar-refractivity contribution is 5.70. The summed E-state index contributed by atoms with van der Waals surface area (Å²) in [4.78, 5) is 35.3. The van der Waals surface area contributed by atoms with E-state index in [4.69, 9.17) is 0 Å². The van der Waals surface area contributed by atoms with E-state index in [1.807, 2.05) is 39.8 Å². The van der Waals surface area contributed by atoms with E-state index in [2.05, 4.69) is 19.9 Å². The molecule has 4 aromatic rings. The summed E-state index contributed by atoms with van der Waals surface area (Å²) >= 11 is 0. The number of pyridine rings is 2. The van der Waals surface area contributed by atoms with Gasteiger partial charge < -0.3 is 4.98 Å². The number of nitrogens with zero attached hydrogens (tertiary/aromatic N) is 4. The largest absolute Gasteiger partial charge is 0.327 e. The summed E-state index contributed by atoms with van der Waals surface area (Å²) < 4.78 is 3.01. The summed E-state index contributed by atoms with van der Waals surface area (Å²) in [5.41, 5.74) is 2.69. The minimum Gasteiger partial charge on any atom is -0.304 e. The van der Waals surface area contributed by atoms with Crippen molar-refractivity contribution in [1.29, 1.82) is 0 Å². The van der Waals surface area contributed by atoms with E-state index < -0.39 is 0 Å². The zero-order valence-corrected chi connectivity index (χ0v) is 16.1. The molecule has 0 fully saturated rings. The number of rotatable bonds is 0. The van der Waals surface area contributed by atoms with Crippen LogP contribution in [-0.4, -0.2) is 29.1 Å². The van der Waals surface area contributed by atoms with Crippen LogP contribution >= 0.6 is 0 Å². The number of aryl methyl sites for hydroxylation is 2. The van der Waals surface area contributed by atoms with Gasteiger partial charge in [-0.3, -0.25) is 14.1 Å². The van der Waals surface area contributed by atoms with Gasteiger partial charge in [-0.2, -0.15) is 0 Å². The van der Waals surface area contributed by atoms with Gasteiger partial charge in [0.2, 0.25) is 0 Å². The number of nitrogens with one attached hydrogen (secondary N) is 2. The van der Waals surface area contributed by atoms with Crippen LogP contribution in [0.5, 0.6) is 0 Å².